The largest absolute Gasteiger partial charge is 0.352 e. The third-order valence-corrected chi connectivity index (χ3v) is 3.33. The van der Waals surface area contributed by atoms with Gasteiger partial charge in [-0.1, -0.05) is 23.7 Å². The maximum absolute atomic E-state index is 11.8. The predicted octanol–water partition coefficient (Wildman–Crippen LogP) is 2.20. The molecule has 0 aliphatic rings. The van der Waals surface area contributed by atoms with Crippen LogP contribution in [0.3, 0.4) is 0 Å². The lowest BCUT2D eigenvalue weighted by molar-refractivity contribution is -0.121. The van der Waals surface area contributed by atoms with Crippen LogP contribution in [-0.4, -0.2) is 34.6 Å². The molecule has 0 bridgehead atoms. The first-order valence-electron chi connectivity index (χ1n) is 6.81. The van der Waals surface area contributed by atoms with Gasteiger partial charge in [-0.2, -0.15) is 5.10 Å². The fraction of sp³-hybridized carbons (Fsp3) is 0.333. The molecule has 1 heterocycles. The monoisotopic (exact) mass is 306 g/mol. The number of amides is 1. The molecule has 0 unspecified atom stereocenters. The van der Waals surface area contributed by atoms with E-state index in [0.717, 1.165) is 17.8 Å². The summed E-state index contributed by atoms with van der Waals surface area (Å²) in [7, 11) is 1.98. The first-order chi connectivity index (χ1) is 10.1. The van der Waals surface area contributed by atoms with Crippen LogP contribution >= 0.6 is 11.6 Å². The van der Waals surface area contributed by atoms with Gasteiger partial charge in [-0.05, 0) is 30.8 Å². The molecule has 21 heavy (non-hydrogen) atoms. The van der Waals surface area contributed by atoms with Crippen molar-refractivity contribution in [2.24, 2.45) is 0 Å². The summed E-state index contributed by atoms with van der Waals surface area (Å²) in [6.45, 7) is 1.95. The molecule has 0 aliphatic carbocycles. The molecule has 5 nitrogen and oxygen atoms in total. The number of hydrogen-bond acceptors (Lipinski definition) is 3. The minimum Gasteiger partial charge on any atom is -0.352 e. The number of nitrogens with zero attached hydrogens (tertiary/aromatic N) is 2. The molecule has 0 saturated carbocycles. The summed E-state index contributed by atoms with van der Waals surface area (Å²) in [5.74, 6) is 0.0337. The maximum Gasteiger partial charge on any atom is 0.221 e. The van der Waals surface area contributed by atoms with Crippen molar-refractivity contribution < 1.29 is 4.79 Å². The van der Waals surface area contributed by atoms with Crippen LogP contribution in [0.15, 0.2) is 36.5 Å². The van der Waals surface area contributed by atoms with Gasteiger partial charge < -0.3 is 10.2 Å². The summed E-state index contributed by atoms with van der Waals surface area (Å²) in [6.07, 6.45) is 2.19. The zero-order chi connectivity index (χ0) is 15.1. The summed E-state index contributed by atoms with van der Waals surface area (Å²) in [5, 5.41) is 10.4. The summed E-state index contributed by atoms with van der Waals surface area (Å²) in [6, 6.07) is 9.41. The van der Waals surface area contributed by atoms with E-state index in [2.05, 4.69) is 20.4 Å². The lowest BCUT2D eigenvalue weighted by Crippen LogP contribution is -2.28. The molecule has 0 aliphatic heterocycles. The van der Waals surface area contributed by atoms with Crippen LogP contribution in [0.25, 0.3) is 0 Å². The summed E-state index contributed by atoms with van der Waals surface area (Å²) >= 11 is 5.90. The molecule has 0 saturated heterocycles. The average Bonchev–Trinajstić information content (AvgIpc) is 2.96. The highest BCUT2D eigenvalue weighted by atomic mass is 35.5. The molecule has 2 aromatic rings. The predicted molar refractivity (Wildman–Crippen MR) is 82.8 cm³/mol. The molecule has 0 atom stereocenters. The molecule has 6 heteroatoms. The Bertz CT molecular complexity index is 571. The van der Waals surface area contributed by atoms with Crippen molar-refractivity contribution in [3.63, 3.8) is 0 Å². The topological polar surface area (TPSA) is 61.0 Å². The second kappa shape index (κ2) is 7.81. The van der Waals surface area contributed by atoms with Gasteiger partial charge in [0.25, 0.3) is 0 Å². The van der Waals surface area contributed by atoms with E-state index >= 15 is 0 Å². The van der Waals surface area contributed by atoms with Gasteiger partial charge in [-0.25, -0.2) is 0 Å². The number of hydrogen-bond donors (Lipinski definition) is 2. The first kappa shape index (κ1) is 15.5. The maximum atomic E-state index is 11.8. The summed E-state index contributed by atoms with van der Waals surface area (Å²) in [4.78, 5) is 13.9. The van der Waals surface area contributed by atoms with E-state index in [0.29, 0.717) is 24.5 Å². The Balaban J connectivity index is 1.67. The zero-order valence-corrected chi connectivity index (χ0v) is 12.7. The van der Waals surface area contributed by atoms with E-state index in [1.165, 1.54) is 0 Å². The van der Waals surface area contributed by atoms with Crippen molar-refractivity contribution in [3.8, 4) is 0 Å². The van der Waals surface area contributed by atoms with Crippen LogP contribution in [0.5, 0.6) is 0 Å². The Hall–Kier alpha value is -1.85. The van der Waals surface area contributed by atoms with Crippen molar-refractivity contribution in [1.82, 2.24) is 20.4 Å². The summed E-state index contributed by atoms with van der Waals surface area (Å²) < 4.78 is 0. The van der Waals surface area contributed by atoms with E-state index in [4.69, 9.17) is 11.6 Å². The first-order valence-corrected chi connectivity index (χ1v) is 7.19. The fourth-order valence-electron chi connectivity index (χ4n) is 1.97. The SMILES string of the molecule is CN(CCC(=O)NCc1cccc(Cl)c1)Cc1ccn[nH]1. The molecule has 2 N–H and O–H groups in total. The number of nitrogens with one attached hydrogen (secondary N) is 2. The van der Waals surface area contributed by atoms with Gasteiger partial charge in [0.2, 0.25) is 5.91 Å². The Morgan fingerprint density at radius 2 is 2.29 bits per heavy atom. The van der Waals surface area contributed by atoms with E-state index in [-0.39, 0.29) is 5.91 Å². The number of aromatic nitrogens is 2. The van der Waals surface area contributed by atoms with Crippen LogP contribution in [0, 0.1) is 0 Å². The van der Waals surface area contributed by atoms with Gasteiger partial charge in [-0.3, -0.25) is 9.89 Å². The number of benzene rings is 1. The second-order valence-corrected chi connectivity index (χ2v) is 5.41. The number of aromatic amines is 1. The third-order valence-electron chi connectivity index (χ3n) is 3.10. The van der Waals surface area contributed by atoms with Gasteiger partial charge >= 0.3 is 0 Å². The van der Waals surface area contributed by atoms with Crippen molar-refractivity contribution >= 4 is 17.5 Å². The van der Waals surface area contributed by atoms with E-state index in [1.54, 1.807) is 6.20 Å². The molecule has 2 rings (SSSR count). The standard InChI is InChI=1S/C15H19ClN4O/c1-20(11-14-5-7-18-19-14)8-6-15(21)17-10-12-3-2-4-13(16)9-12/h2-5,7,9H,6,8,10-11H2,1H3,(H,17,21)(H,18,19). The third kappa shape index (κ3) is 5.57. The van der Waals surface area contributed by atoms with Crippen LogP contribution in [-0.2, 0) is 17.9 Å². The van der Waals surface area contributed by atoms with Crippen molar-refractivity contribution in [2.75, 3.05) is 13.6 Å². The highest BCUT2D eigenvalue weighted by molar-refractivity contribution is 6.30. The van der Waals surface area contributed by atoms with Crippen molar-refractivity contribution in [1.29, 1.82) is 0 Å². The van der Waals surface area contributed by atoms with Gasteiger partial charge in [-0.15, -0.1) is 0 Å². The molecule has 1 aromatic carbocycles. The van der Waals surface area contributed by atoms with Crippen LogP contribution in [0.2, 0.25) is 5.02 Å². The minimum absolute atomic E-state index is 0.0337. The van der Waals surface area contributed by atoms with Crippen LogP contribution in [0.4, 0.5) is 0 Å². The molecule has 1 aromatic heterocycles. The lowest BCUT2D eigenvalue weighted by Gasteiger charge is -2.15. The fourth-order valence-corrected chi connectivity index (χ4v) is 2.18. The highest BCUT2D eigenvalue weighted by Crippen LogP contribution is 2.10. The van der Waals surface area contributed by atoms with E-state index in [1.807, 2.05) is 37.4 Å². The van der Waals surface area contributed by atoms with Gasteiger partial charge in [0.1, 0.15) is 0 Å². The second-order valence-electron chi connectivity index (χ2n) is 4.98. The molecular formula is C15H19ClN4O. The lowest BCUT2D eigenvalue weighted by atomic mass is 10.2. The van der Waals surface area contributed by atoms with Crippen LogP contribution < -0.4 is 5.32 Å². The zero-order valence-electron chi connectivity index (χ0n) is 12.0. The quantitative estimate of drug-likeness (QED) is 0.824. The van der Waals surface area contributed by atoms with Crippen LogP contribution in [0.1, 0.15) is 17.7 Å². The Morgan fingerprint density at radius 3 is 3.00 bits per heavy atom. The molecule has 0 spiro atoms. The number of H-pyrrole nitrogens is 1. The van der Waals surface area contributed by atoms with Gasteiger partial charge in [0.05, 0.1) is 0 Å². The van der Waals surface area contributed by atoms with E-state index in [9.17, 15) is 4.79 Å². The van der Waals surface area contributed by atoms with E-state index < -0.39 is 0 Å². The number of rotatable bonds is 7. The normalized spacial score (nSPS) is 10.8. The Labute approximate surface area is 129 Å². The molecular weight excluding hydrogens is 288 g/mol. The smallest absolute Gasteiger partial charge is 0.221 e. The molecule has 1 amide bonds. The molecule has 0 fully saturated rings. The van der Waals surface area contributed by atoms with Gasteiger partial charge in [0, 0.05) is 43.0 Å². The summed E-state index contributed by atoms with van der Waals surface area (Å²) in [5.41, 5.74) is 2.04. The van der Waals surface area contributed by atoms with Gasteiger partial charge in [0.15, 0.2) is 0 Å². The minimum atomic E-state index is 0.0337. The number of halogens is 1. The number of carbonyl (C=O) groups is 1. The van der Waals surface area contributed by atoms with Crippen molar-refractivity contribution in [3.05, 3.63) is 52.8 Å². The highest BCUT2D eigenvalue weighted by Gasteiger charge is 2.06. The molecule has 112 valence electrons. The Morgan fingerprint density at radius 1 is 1.43 bits per heavy atom. The Kier molecular flexibility index (Phi) is 5.78. The number of carbonyl (C=O) groups excluding carboxylic acids is 1. The molecule has 0 radical (unpaired) electrons. The van der Waals surface area contributed by atoms with Crippen molar-refractivity contribution in [2.45, 2.75) is 19.5 Å². The average molecular weight is 307 g/mol.